The fraction of sp³-hybridized carbons (Fsp3) is 0.417. The molecule has 0 unspecified atom stereocenters. The summed E-state index contributed by atoms with van der Waals surface area (Å²) in [5.74, 6) is -0.275. The Labute approximate surface area is 110 Å². The number of carbonyl (C=O) groups excluding carboxylic acids is 1. The van der Waals surface area contributed by atoms with E-state index in [4.69, 9.17) is 5.11 Å². The monoisotopic (exact) mass is 267 g/mol. The molecule has 0 saturated carbocycles. The fourth-order valence-corrected chi connectivity index (χ4v) is 1.54. The number of carbonyl (C=O) groups is 1. The van der Waals surface area contributed by atoms with Crippen LogP contribution in [0.5, 0.6) is 0 Å². The van der Waals surface area contributed by atoms with Gasteiger partial charge in [-0.05, 0) is 25.5 Å². The second kappa shape index (κ2) is 7.32. The third-order valence-electron chi connectivity index (χ3n) is 2.44. The van der Waals surface area contributed by atoms with Crippen molar-refractivity contribution in [3.63, 3.8) is 0 Å². The Morgan fingerprint density at radius 1 is 1.47 bits per heavy atom. The smallest absolute Gasteiger partial charge is 0.292 e. The van der Waals surface area contributed by atoms with Crippen LogP contribution < -0.4 is 10.6 Å². The highest BCUT2D eigenvalue weighted by atomic mass is 16.6. The first-order valence-corrected chi connectivity index (χ1v) is 6.01. The number of hydrogen-bond acceptors (Lipinski definition) is 5. The van der Waals surface area contributed by atoms with Crippen molar-refractivity contribution in [3.05, 3.63) is 33.9 Å². The lowest BCUT2D eigenvalue weighted by Gasteiger charge is -2.08. The molecule has 0 aliphatic carbocycles. The van der Waals surface area contributed by atoms with Crippen LogP contribution in [0.3, 0.4) is 0 Å². The molecule has 0 aliphatic heterocycles. The first-order chi connectivity index (χ1) is 9.10. The van der Waals surface area contributed by atoms with Crippen LogP contribution in [-0.4, -0.2) is 35.6 Å². The molecule has 0 bridgehead atoms. The molecule has 0 aliphatic rings. The molecule has 7 heteroatoms. The van der Waals surface area contributed by atoms with Gasteiger partial charge in [0.15, 0.2) is 0 Å². The average molecular weight is 267 g/mol. The fourth-order valence-electron chi connectivity index (χ4n) is 1.54. The van der Waals surface area contributed by atoms with E-state index in [2.05, 4.69) is 10.6 Å². The van der Waals surface area contributed by atoms with E-state index in [1.807, 2.05) is 0 Å². The van der Waals surface area contributed by atoms with Crippen molar-refractivity contribution in [1.29, 1.82) is 0 Å². The highest BCUT2D eigenvalue weighted by molar-refractivity contribution is 5.95. The molecule has 1 aromatic rings. The molecule has 0 atom stereocenters. The van der Waals surface area contributed by atoms with E-state index >= 15 is 0 Å². The van der Waals surface area contributed by atoms with Gasteiger partial charge in [-0.2, -0.15) is 0 Å². The third kappa shape index (κ3) is 4.22. The van der Waals surface area contributed by atoms with Crippen molar-refractivity contribution < 1.29 is 14.8 Å². The molecule has 0 fully saturated rings. The Hall–Kier alpha value is -2.15. The lowest BCUT2D eigenvalue weighted by Crippen LogP contribution is -2.22. The maximum Gasteiger partial charge on any atom is 0.292 e. The summed E-state index contributed by atoms with van der Waals surface area (Å²) < 4.78 is 0. The third-order valence-corrected chi connectivity index (χ3v) is 2.44. The van der Waals surface area contributed by atoms with Gasteiger partial charge < -0.3 is 15.7 Å². The van der Waals surface area contributed by atoms with Gasteiger partial charge in [-0.25, -0.2) is 0 Å². The van der Waals surface area contributed by atoms with Gasteiger partial charge in [0.1, 0.15) is 5.69 Å². The van der Waals surface area contributed by atoms with Gasteiger partial charge in [-0.1, -0.05) is 0 Å². The zero-order chi connectivity index (χ0) is 14.3. The molecule has 0 aromatic heterocycles. The average Bonchev–Trinajstić information content (AvgIpc) is 2.39. The molecule has 7 nitrogen and oxygen atoms in total. The van der Waals surface area contributed by atoms with Crippen molar-refractivity contribution >= 4 is 17.3 Å². The molecule has 1 rings (SSSR count). The maximum absolute atomic E-state index is 11.7. The maximum atomic E-state index is 11.7. The first-order valence-electron chi connectivity index (χ1n) is 6.01. The summed E-state index contributed by atoms with van der Waals surface area (Å²) in [6, 6.07) is 4.16. The molecule has 104 valence electrons. The molecular weight excluding hydrogens is 250 g/mol. The van der Waals surface area contributed by atoms with E-state index in [1.54, 1.807) is 6.92 Å². The van der Waals surface area contributed by atoms with Crippen LogP contribution in [-0.2, 0) is 0 Å². The van der Waals surface area contributed by atoms with Gasteiger partial charge in [0.05, 0.1) is 4.92 Å². The number of nitro groups is 1. The molecule has 0 saturated heterocycles. The van der Waals surface area contributed by atoms with E-state index in [0.29, 0.717) is 25.1 Å². The van der Waals surface area contributed by atoms with E-state index in [1.165, 1.54) is 18.2 Å². The lowest BCUT2D eigenvalue weighted by molar-refractivity contribution is -0.384. The van der Waals surface area contributed by atoms with Crippen LogP contribution in [0.1, 0.15) is 23.7 Å². The van der Waals surface area contributed by atoms with Gasteiger partial charge in [0.2, 0.25) is 0 Å². The van der Waals surface area contributed by atoms with Crippen LogP contribution in [0.4, 0.5) is 11.4 Å². The summed E-state index contributed by atoms with van der Waals surface area (Å²) >= 11 is 0. The molecular formula is C12H17N3O4. The molecule has 1 aromatic carbocycles. The minimum absolute atomic E-state index is 0.00317. The van der Waals surface area contributed by atoms with Gasteiger partial charge in [0.25, 0.3) is 11.6 Å². The Bertz CT molecular complexity index is 462. The summed E-state index contributed by atoms with van der Waals surface area (Å²) in [5.41, 5.74) is 0.548. The number of amides is 1. The summed E-state index contributed by atoms with van der Waals surface area (Å²) in [6.07, 6.45) is 0.475. The minimum Gasteiger partial charge on any atom is -0.396 e. The van der Waals surface area contributed by atoms with E-state index in [9.17, 15) is 14.9 Å². The zero-order valence-corrected chi connectivity index (χ0v) is 10.7. The molecule has 0 radical (unpaired) electrons. The summed E-state index contributed by atoms with van der Waals surface area (Å²) in [7, 11) is 0. The Kier molecular flexibility index (Phi) is 5.74. The predicted octanol–water partition coefficient (Wildman–Crippen LogP) is 1.14. The summed E-state index contributed by atoms with van der Waals surface area (Å²) in [5, 5.41) is 25.1. The highest BCUT2D eigenvalue weighted by Gasteiger charge is 2.16. The van der Waals surface area contributed by atoms with Gasteiger partial charge in [-0.15, -0.1) is 0 Å². The first kappa shape index (κ1) is 14.9. The number of nitrogens with one attached hydrogen (secondary N) is 2. The number of nitrogens with zero attached hydrogens (tertiary/aromatic N) is 1. The topological polar surface area (TPSA) is 104 Å². The van der Waals surface area contributed by atoms with Crippen LogP contribution in [0.2, 0.25) is 0 Å². The number of hydrogen-bond donors (Lipinski definition) is 3. The number of nitro benzene ring substituents is 1. The Balaban J connectivity index is 2.96. The number of aliphatic hydroxyl groups is 1. The zero-order valence-electron chi connectivity index (χ0n) is 10.7. The number of anilines is 1. The van der Waals surface area contributed by atoms with Crippen molar-refractivity contribution in [1.82, 2.24) is 5.32 Å². The Morgan fingerprint density at radius 3 is 2.79 bits per heavy atom. The van der Waals surface area contributed by atoms with Gasteiger partial charge in [0, 0.05) is 31.3 Å². The lowest BCUT2D eigenvalue weighted by atomic mass is 10.1. The molecule has 0 spiro atoms. The quantitative estimate of drug-likeness (QED) is 0.390. The Morgan fingerprint density at radius 2 is 2.21 bits per heavy atom. The molecule has 3 N–H and O–H groups in total. The van der Waals surface area contributed by atoms with Crippen molar-refractivity contribution in [2.24, 2.45) is 0 Å². The van der Waals surface area contributed by atoms with Crippen molar-refractivity contribution in [2.45, 2.75) is 13.3 Å². The van der Waals surface area contributed by atoms with Crippen LogP contribution in [0, 0.1) is 10.1 Å². The second-order valence-corrected chi connectivity index (χ2v) is 3.85. The summed E-state index contributed by atoms with van der Waals surface area (Å²) in [6.45, 7) is 2.68. The standard InChI is InChI=1S/C12H17N3O4/c1-2-13-12(17)9-4-5-11(15(18)19)10(8-9)14-6-3-7-16/h4-5,8,14,16H,2-3,6-7H2,1H3,(H,13,17). The van der Waals surface area contributed by atoms with E-state index < -0.39 is 4.92 Å². The second-order valence-electron chi connectivity index (χ2n) is 3.85. The van der Waals surface area contributed by atoms with Crippen LogP contribution >= 0.6 is 0 Å². The van der Waals surface area contributed by atoms with E-state index in [-0.39, 0.29) is 23.9 Å². The van der Waals surface area contributed by atoms with Crippen LogP contribution in [0.25, 0.3) is 0 Å². The molecule has 0 heterocycles. The number of benzene rings is 1. The van der Waals surface area contributed by atoms with Gasteiger partial charge >= 0.3 is 0 Å². The number of aliphatic hydroxyl groups excluding tert-OH is 1. The molecule has 19 heavy (non-hydrogen) atoms. The summed E-state index contributed by atoms with van der Waals surface area (Å²) in [4.78, 5) is 22.0. The predicted molar refractivity (Wildman–Crippen MR) is 71.3 cm³/mol. The normalized spacial score (nSPS) is 10.0. The SMILES string of the molecule is CCNC(=O)c1ccc([N+](=O)[O-])c(NCCCO)c1. The largest absolute Gasteiger partial charge is 0.396 e. The van der Waals surface area contributed by atoms with Crippen molar-refractivity contribution in [2.75, 3.05) is 25.0 Å². The van der Waals surface area contributed by atoms with Crippen LogP contribution in [0.15, 0.2) is 18.2 Å². The number of rotatable bonds is 7. The highest BCUT2D eigenvalue weighted by Crippen LogP contribution is 2.25. The van der Waals surface area contributed by atoms with E-state index in [0.717, 1.165) is 0 Å². The van der Waals surface area contributed by atoms with Gasteiger partial charge in [-0.3, -0.25) is 14.9 Å². The minimum atomic E-state index is -0.511. The molecule has 1 amide bonds. The van der Waals surface area contributed by atoms with Crippen molar-refractivity contribution in [3.8, 4) is 0 Å².